The van der Waals surface area contributed by atoms with Crippen molar-refractivity contribution in [1.82, 2.24) is 9.80 Å². The number of thiocarbonyl (C=S) groups is 1. The van der Waals surface area contributed by atoms with Crippen molar-refractivity contribution in [3.8, 4) is 0 Å². The minimum atomic E-state index is -0.338. The van der Waals surface area contributed by atoms with Crippen LogP contribution in [0.3, 0.4) is 0 Å². The van der Waals surface area contributed by atoms with Gasteiger partial charge in [0, 0.05) is 26.2 Å². The van der Waals surface area contributed by atoms with Crippen LogP contribution in [0.4, 0.5) is 10.5 Å². The molecular formula is C15H20N4O3S. The maximum Gasteiger partial charge on any atom is 0.409 e. The molecule has 0 bridgehead atoms. The summed E-state index contributed by atoms with van der Waals surface area (Å²) in [6.45, 7) is 3.93. The fourth-order valence-electron chi connectivity index (χ4n) is 2.39. The first-order chi connectivity index (χ1) is 11.0. The summed E-state index contributed by atoms with van der Waals surface area (Å²) in [7, 11) is 0. The average Bonchev–Trinajstić information content (AvgIpc) is 2.54. The Morgan fingerprint density at radius 2 is 1.83 bits per heavy atom. The van der Waals surface area contributed by atoms with E-state index in [1.165, 1.54) is 0 Å². The molecule has 0 aliphatic carbocycles. The van der Waals surface area contributed by atoms with Crippen LogP contribution in [-0.4, -0.2) is 59.7 Å². The van der Waals surface area contributed by atoms with Gasteiger partial charge in [0.2, 0.25) is 0 Å². The summed E-state index contributed by atoms with van der Waals surface area (Å²) in [4.78, 5) is 27.7. The predicted octanol–water partition coefficient (Wildman–Crippen LogP) is 1.26. The van der Waals surface area contributed by atoms with Crippen LogP contribution in [-0.2, 0) is 4.74 Å². The minimum Gasteiger partial charge on any atom is -0.450 e. The second kappa shape index (κ2) is 7.77. The summed E-state index contributed by atoms with van der Waals surface area (Å²) in [6.07, 6.45) is -0.338. The van der Waals surface area contributed by atoms with Crippen LogP contribution in [0, 0.1) is 0 Å². The summed E-state index contributed by atoms with van der Waals surface area (Å²) >= 11 is 4.83. The summed E-state index contributed by atoms with van der Waals surface area (Å²) in [6, 6.07) is 7.06. The lowest BCUT2D eigenvalue weighted by molar-refractivity contribution is 0.0571. The first-order valence-electron chi connectivity index (χ1n) is 7.39. The lowest BCUT2D eigenvalue weighted by Crippen LogP contribution is -2.50. The van der Waals surface area contributed by atoms with E-state index in [2.05, 4.69) is 5.32 Å². The number of hydrogen-bond acceptors (Lipinski definition) is 4. The quantitative estimate of drug-likeness (QED) is 0.808. The normalized spacial score (nSPS) is 14.3. The van der Waals surface area contributed by atoms with Gasteiger partial charge >= 0.3 is 6.09 Å². The molecule has 1 fully saturated rings. The monoisotopic (exact) mass is 336 g/mol. The highest BCUT2D eigenvalue weighted by molar-refractivity contribution is 7.80. The molecule has 1 aliphatic heterocycles. The van der Waals surface area contributed by atoms with Crippen molar-refractivity contribution >= 4 is 35.0 Å². The topological polar surface area (TPSA) is 87.9 Å². The van der Waals surface area contributed by atoms with Gasteiger partial charge in [-0.05, 0) is 31.3 Å². The molecule has 1 aromatic carbocycles. The zero-order chi connectivity index (χ0) is 16.8. The summed E-state index contributed by atoms with van der Waals surface area (Å²) in [5.41, 5.74) is 6.58. The van der Waals surface area contributed by atoms with E-state index < -0.39 is 0 Å². The van der Waals surface area contributed by atoms with Crippen molar-refractivity contribution in [2.24, 2.45) is 5.73 Å². The van der Waals surface area contributed by atoms with Crippen molar-refractivity contribution in [1.29, 1.82) is 0 Å². The molecule has 8 heteroatoms. The highest BCUT2D eigenvalue weighted by atomic mass is 32.1. The van der Waals surface area contributed by atoms with E-state index in [1.807, 2.05) is 0 Å². The van der Waals surface area contributed by atoms with E-state index in [4.69, 9.17) is 22.7 Å². The highest BCUT2D eigenvalue weighted by Gasteiger charge is 2.26. The Morgan fingerprint density at radius 3 is 2.43 bits per heavy atom. The van der Waals surface area contributed by atoms with Crippen LogP contribution < -0.4 is 11.1 Å². The SMILES string of the molecule is CCOC(=O)N1CCN(C(=O)c2ccccc2NC(N)=S)CC1. The summed E-state index contributed by atoms with van der Waals surface area (Å²) in [5, 5.41) is 2.92. The standard InChI is InChI=1S/C15H20N4O3S/c1-2-22-15(21)19-9-7-18(8-10-19)13(20)11-5-3-4-6-12(11)17-14(16)23/h3-6H,2,7-10H2,1H3,(H3,16,17,23). The van der Waals surface area contributed by atoms with Gasteiger partial charge < -0.3 is 25.6 Å². The molecule has 1 heterocycles. The van der Waals surface area contributed by atoms with Gasteiger partial charge in [-0.15, -0.1) is 0 Å². The molecule has 0 spiro atoms. The van der Waals surface area contributed by atoms with Crippen molar-refractivity contribution in [3.63, 3.8) is 0 Å². The molecule has 124 valence electrons. The number of hydrogen-bond donors (Lipinski definition) is 2. The van der Waals surface area contributed by atoms with Crippen molar-refractivity contribution in [3.05, 3.63) is 29.8 Å². The Bertz CT molecular complexity index is 600. The van der Waals surface area contributed by atoms with E-state index >= 15 is 0 Å². The van der Waals surface area contributed by atoms with E-state index in [-0.39, 0.29) is 17.1 Å². The Balaban J connectivity index is 2.03. The lowest BCUT2D eigenvalue weighted by atomic mass is 10.1. The fraction of sp³-hybridized carbons (Fsp3) is 0.400. The van der Waals surface area contributed by atoms with Gasteiger partial charge in [-0.1, -0.05) is 12.1 Å². The molecule has 0 atom stereocenters. The maximum atomic E-state index is 12.7. The molecule has 1 aromatic rings. The molecule has 2 rings (SSSR count). The molecule has 0 saturated carbocycles. The third-order valence-corrected chi connectivity index (χ3v) is 3.61. The summed E-state index contributed by atoms with van der Waals surface area (Å²) in [5.74, 6) is -0.118. The van der Waals surface area contributed by atoms with Crippen LogP contribution >= 0.6 is 12.2 Å². The second-order valence-corrected chi connectivity index (χ2v) is 5.45. The molecule has 2 amide bonds. The molecule has 3 N–H and O–H groups in total. The van der Waals surface area contributed by atoms with E-state index in [0.717, 1.165) is 0 Å². The maximum absolute atomic E-state index is 12.7. The molecule has 0 radical (unpaired) electrons. The van der Waals surface area contributed by atoms with Crippen molar-refractivity contribution < 1.29 is 14.3 Å². The number of carbonyl (C=O) groups is 2. The first-order valence-corrected chi connectivity index (χ1v) is 7.80. The van der Waals surface area contributed by atoms with Crippen LogP contribution in [0.5, 0.6) is 0 Å². The molecule has 7 nitrogen and oxygen atoms in total. The Morgan fingerprint density at radius 1 is 1.22 bits per heavy atom. The Labute approximate surface area is 140 Å². The fourth-order valence-corrected chi connectivity index (χ4v) is 2.50. The number of nitrogens with zero attached hydrogens (tertiary/aromatic N) is 2. The van der Waals surface area contributed by atoms with Gasteiger partial charge in [-0.2, -0.15) is 0 Å². The van der Waals surface area contributed by atoms with E-state index in [1.54, 1.807) is 41.0 Å². The zero-order valence-corrected chi connectivity index (χ0v) is 13.8. The number of anilines is 1. The van der Waals surface area contributed by atoms with Crippen molar-refractivity contribution in [2.75, 3.05) is 38.1 Å². The van der Waals surface area contributed by atoms with E-state index in [9.17, 15) is 9.59 Å². The van der Waals surface area contributed by atoms with Crippen molar-refractivity contribution in [2.45, 2.75) is 6.92 Å². The average molecular weight is 336 g/mol. The third kappa shape index (κ3) is 4.32. The molecule has 1 aliphatic rings. The van der Waals surface area contributed by atoms with Crippen LogP contribution in [0.25, 0.3) is 0 Å². The second-order valence-electron chi connectivity index (χ2n) is 5.01. The number of benzene rings is 1. The van der Waals surface area contributed by atoms with Gasteiger partial charge in [0.15, 0.2) is 5.11 Å². The molecule has 0 aromatic heterocycles. The van der Waals surface area contributed by atoms with Gasteiger partial charge in [-0.25, -0.2) is 4.79 Å². The molecule has 0 unspecified atom stereocenters. The van der Waals surface area contributed by atoms with Gasteiger partial charge in [-0.3, -0.25) is 4.79 Å². The smallest absolute Gasteiger partial charge is 0.409 e. The number of nitrogens with two attached hydrogens (primary N) is 1. The molecule has 23 heavy (non-hydrogen) atoms. The molecular weight excluding hydrogens is 316 g/mol. The Kier molecular flexibility index (Phi) is 5.75. The van der Waals surface area contributed by atoms with Crippen LogP contribution in [0.2, 0.25) is 0 Å². The van der Waals surface area contributed by atoms with E-state index in [0.29, 0.717) is 44.0 Å². The number of piperazine rings is 1. The third-order valence-electron chi connectivity index (χ3n) is 3.51. The number of rotatable bonds is 3. The number of amides is 2. The van der Waals surface area contributed by atoms with Gasteiger partial charge in [0.1, 0.15) is 0 Å². The molecule has 1 saturated heterocycles. The number of nitrogens with one attached hydrogen (secondary N) is 1. The number of ether oxygens (including phenoxy) is 1. The highest BCUT2D eigenvalue weighted by Crippen LogP contribution is 2.18. The van der Waals surface area contributed by atoms with Crippen LogP contribution in [0.1, 0.15) is 17.3 Å². The predicted molar refractivity (Wildman–Crippen MR) is 91.3 cm³/mol. The number of carbonyl (C=O) groups excluding carboxylic acids is 2. The first kappa shape index (κ1) is 17.0. The van der Waals surface area contributed by atoms with Gasteiger partial charge in [0.05, 0.1) is 17.9 Å². The van der Waals surface area contributed by atoms with Gasteiger partial charge in [0.25, 0.3) is 5.91 Å². The van der Waals surface area contributed by atoms with Crippen LogP contribution in [0.15, 0.2) is 24.3 Å². The minimum absolute atomic E-state index is 0.109. The Hall–Kier alpha value is -2.35. The summed E-state index contributed by atoms with van der Waals surface area (Å²) < 4.78 is 4.97. The lowest BCUT2D eigenvalue weighted by Gasteiger charge is -2.34. The zero-order valence-electron chi connectivity index (χ0n) is 12.9. The number of para-hydroxylation sites is 1. The largest absolute Gasteiger partial charge is 0.450 e.